The number of nitrogens with two attached hydrogens (primary N) is 1. The van der Waals surface area contributed by atoms with E-state index in [1.807, 2.05) is 12.3 Å². The summed E-state index contributed by atoms with van der Waals surface area (Å²) in [5.41, 5.74) is 8.25. The summed E-state index contributed by atoms with van der Waals surface area (Å²) in [6, 6.07) is 6.27. The van der Waals surface area contributed by atoms with Gasteiger partial charge in [0.05, 0.1) is 6.61 Å². The topological polar surface area (TPSA) is 51.0 Å². The molecule has 0 radical (unpaired) electrons. The lowest BCUT2D eigenvalue weighted by molar-refractivity contribution is 0.272. The molecule has 3 heteroatoms. The smallest absolute Gasteiger partial charge is 0.133 e. The fourth-order valence-electron chi connectivity index (χ4n) is 2.02. The fourth-order valence-corrected chi connectivity index (χ4v) is 2.02. The molecule has 0 saturated carbocycles. The predicted octanol–water partition coefficient (Wildman–Crippen LogP) is 1.95. The summed E-state index contributed by atoms with van der Waals surface area (Å²) in [7, 11) is 0. The Hall–Kier alpha value is -1.48. The standard InChI is InChI=1S/C11H12N2O/c12-9-4-6-14-11-7(9)1-2-10-8(11)3-5-13-10/h1-3,5,9,13H,4,6,12H2/t9-/m1/s1. The second kappa shape index (κ2) is 2.75. The van der Waals surface area contributed by atoms with Crippen molar-refractivity contribution < 1.29 is 4.74 Å². The van der Waals surface area contributed by atoms with E-state index in [1.54, 1.807) is 0 Å². The maximum atomic E-state index is 6.02. The largest absolute Gasteiger partial charge is 0.492 e. The van der Waals surface area contributed by atoms with Crippen molar-refractivity contribution in [3.8, 4) is 5.75 Å². The fraction of sp³-hybridized carbons (Fsp3) is 0.273. The molecule has 0 spiro atoms. The van der Waals surface area contributed by atoms with Gasteiger partial charge < -0.3 is 15.5 Å². The zero-order valence-electron chi connectivity index (χ0n) is 7.79. The second-order valence-electron chi connectivity index (χ2n) is 3.67. The molecule has 3 rings (SSSR count). The van der Waals surface area contributed by atoms with Gasteiger partial charge in [-0.1, -0.05) is 6.07 Å². The van der Waals surface area contributed by atoms with Crippen LogP contribution in [0.3, 0.4) is 0 Å². The third-order valence-electron chi connectivity index (χ3n) is 2.79. The van der Waals surface area contributed by atoms with Gasteiger partial charge in [-0.05, 0) is 12.1 Å². The lowest BCUT2D eigenvalue weighted by Gasteiger charge is -2.23. The van der Waals surface area contributed by atoms with Crippen molar-refractivity contribution in [1.82, 2.24) is 4.98 Å². The predicted molar refractivity (Wildman–Crippen MR) is 55.3 cm³/mol. The third-order valence-corrected chi connectivity index (χ3v) is 2.79. The Bertz CT molecular complexity index is 475. The minimum absolute atomic E-state index is 0.123. The van der Waals surface area contributed by atoms with Crippen molar-refractivity contribution in [3.05, 3.63) is 30.0 Å². The quantitative estimate of drug-likeness (QED) is 0.664. The van der Waals surface area contributed by atoms with Crippen LogP contribution in [0.25, 0.3) is 10.9 Å². The van der Waals surface area contributed by atoms with E-state index < -0.39 is 0 Å². The van der Waals surface area contributed by atoms with Crippen molar-refractivity contribution in [2.75, 3.05) is 6.61 Å². The van der Waals surface area contributed by atoms with E-state index in [4.69, 9.17) is 10.5 Å². The number of hydrogen-bond donors (Lipinski definition) is 2. The van der Waals surface area contributed by atoms with Crippen LogP contribution in [0.2, 0.25) is 0 Å². The second-order valence-corrected chi connectivity index (χ2v) is 3.67. The first-order chi connectivity index (χ1) is 6.86. The molecule has 2 aromatic rings. The summed E-state index contributed by atoms with van der Waals surface area (Å²) >= 11 is 0. The highest BCUT2D eigenvalue weighted by molar-refractivity contribution is 5.87. The van der Waals surface area contributed by atoms with Crippen molar-refractivity contribution in [3.63, 3.8) is 0 Å². The summed E-state index contributed by atoms with van der Waals surface area (Å²) in [6.45, 7) is 0.721. The van der Waals surface area contributed by atoms with Crippen molar-refractivity contribution in [2.45, 2.75) is 12.5 Å². The van der Waals surface area contributed by atoms with Crippen LogP contribution in [0.5, 0.6) is 5.75 Å². The third kappa shape index (κ3) is 0.960. The minimum atomic E-state index is 0.123. The van der Waals surface area contributed by atoms with Crippen LogP contribution in [0.4, 0.5) is 0 Å². The van der Waals surface area contributed by atoms with Crippen molar-refractivity contribution >= 4 is 10.9 Å². The Morgan fingerprint density at radius 3 is 3.21 bits per heavy atom. The number of nitrogens with one attached hydrogen (secondary N) is 1. The highest BCUT2D eigenvalue weighted by Gasteiger charge is 2.20. The molecule has 0 aliphatic carbocycles. The lowest BCUT2D eigenvalue weighted by atomic mass is 9.99. The van der Waals surface area contributed by atoms with Crippen LogP contribution < -0.4 is 10.5 Å². The zero-order valence-corrected chi connectivity index (χ0v) is 7.79. The van der Waals surface area contributed by atoms with Gasteiger partial charge in [-0.3, -0.25) is 0 Å². The summed E-state index contributed by atoms with van der Waals surface area (Å²) in [4.78, 5) is 3.16. The van der Waals surface area contributed by atoms with Crippen LogP contribution in [-0.4, -0.2) is 11.6 Å². The number of ether oxygens (including phenoxy) is 1. The maximum Gasteiger partial charge on any atom is 0.133 e. The molecule has 1 aliphatic rings. The van der Waals surface area contributed by atoms with Crippen LogP contribution in [0.15, 0.2) is 24.4 Å². The van der Waals surface area contributed by atoms with E-state index >= 15 is 0 Å². The summed E-state index contributed by atoms with van der Waals surface area (Å²) in [5, 5.41) is 1.14. The number of hydrogen-bond acceptors (Lipinski definition) is 2. The van der Waals surface area contributed by atoms with Gasteiger partial charge in [0.2, 0.25) is 0 Å². The molecule has 2 heterocycles. The molecular weight excluding hydrogens is 176 g/mol. The van der Waals surface area contributed by atoms with Crippen LogP contribution in [-0.2, 0) is 0 Å². The SMILES string of the molecule is N[C@@H]1CCOc2c1ccc1[nH]ccc21. The Morgan fingerprint density at radius 2 is 2.29 bits per heavy atom. The van der Waals surface area contributed by atoms with E-state index in [0.29, 0.717) is 0 Å². The molecule has 1 atom stereocenters. The lowest BCUT2D eigenvalue weighted by Crippen LogP contribution is -2.20. The van der Waals surface area contributed by atoms with E-state index in [9.17, 15) is 0 Å². The van der Waals surface area contributed by atoms with Crippen LogP contribution in [0.1, 0.15) is 18.0 Å². The molecular formula is C11H12N2O. The van der Waals surface area contributed by atoms with Gasteiger partial charge in [0.15, 0.2) is 0 Å². The Morgan fingerprint density at radius 1 is 1.36 bits per heavy atom. The molecule has 3 N–H and O–H groups in total. The summed E-state index contributed by atoms with van der Waals surface area (Å²) < 4.78 is 5.67. The summed E-state index contributed by atoms with van der Waals surface area (Å²) in [5.74, 6) is 0.961. The molecule has 14 heavy (non-hydrogen) atoms. The van der Waals surface area contributed by atoms with Crippen molar-refractivity contribution in [2.24, 2.45) is 5.73 Å². The van der Waals surface area contributed by atoms with E-state index in [0.717, 1.165) is 35.2 Å². The Labute approximate surface area is 81.9 Å². The minimum Gasteiger partial charge on any atom is -0.492 e. The van der Waals surface area contributed by atoms with Gasteiger partial charge >= 0.3 is 0 Å². The summed E-state index contributed by atoms with van der Waals surface area (Å²) in [6.07, 6.45) is 2.83. The normalized spacial score (nSPS) is 20.5. The van der Waals surface area contributed by atoms with Gasteiger partial charge in [0.1, 0.15) is 5.75 Å². The average Bonchev–Trinajstić information content (AvgIpc) is 2.66. The highest BCUT2D eigenvalue weighted by atomic mass is 16.5. The number of aromatic nitrogens is 1. The molecule has 0 unspecified atom stereocenters. The number of rotatable bonds is 0. The van der Waals surface area contributed by atoms with Gasteiger partial charge in [-0.2, -0.15) is 0 Å². The zero-order chi connectivity index (χ0) is 9.54. The molecule has 1 aromatic carbocycles. The molecule has 72 valence electrons. The monoisotopic (exact) mass is 188 g/mol. The maximum absolute atomic E-state index is 6.02. The molecule has 0 amide bonds. The van der Waals surface area contributed by atoms with Crippen LogP contribution >= 0.6 is 0 Å². The first-order valence-corrected chi connectivity index (χ1v) is 4.84. The molecule has 0 fully saturated rings. The highest BCUT2D eigenvalue weighted by Crippen LogP contribution is 2.36. The Balaban J connectivity index is 2.32. The molecule has 1 aromatic heterocycles. The average molecular weight is 188 g/mol. The Kier molecular flexibility index (Phi) is 1.55. The van der Waals surface area contributed by atoms with Gasteiger partial charge in [-0.15, -0.1) is 0 Å². The number of aromatic amines is 1. The van der Waals surface area contributed by atoms with Crippen molar-refractivity contribution in [1.29, 1.82) is 0 Å². The molecule has 1 aliphatic heterocycles. The number of fused-ring (bicyclic) bond motifs is 3. The van der Waals surface area contributed by atoms with E-state index in [2.05, 4.69) is 17.1 Å². The van der Waals surface area contributed by atoms with Crippen LogP contribution in [0, 0.1) is 0 Å². The van der Waals surface area contributed by atoms with Gasteiger partial charge in [0, 0.05) is 35.1 Å². The molecule has 0 saturated heterocycles. The first kappa shape index (κ1) is 7.88. The number of H-pyrrole nitrogens is 1. The van der Waals surface area contributed by atoms with Gasteiger partial charge in [0.25, 0.3) is 0 Å². The van der Waals surface area contributed by atoms with E-state index in [-0.39, 0.29) is 6.04 Å². The first-order valence-electron chi connectivity index (χ1n) is 4.84. The molecule has 0 bridgehead atoms. The number of benzene rings is 1. The van der Waals surface area contributed by atoms with Gasteiger partial charge in [-0.25, -0.2) is 0 Å². The molecule has 3 nitrogen and oxygen atoms in total. The van der Waals surface area contributed by atoms with E-state index in [1.165, 1.54) is 0 Å².